The SMILES string of the molecule is COc1ccc(S(=O)(=O)C(F)(F)F)cc1NC(=O)c1ccccc1COc1ccccc1. The van der Waals surface area contributed by atoms with E-state index in [9.17, 15) is 26.4 Å². The smallest absolute Gasteiger partial charge is 0.495 e. The quantitative estimate of drug-likeness (QED) is 0.541. The molecule has 0 bridgehead atoms. The summed E-state index contributed by atoms with van der Waals surface area (Å²) in [6, 6.07) is 17.9. The summed E-state index contributed by atoms with van der Waals surface area (Å²) >= 11 is 0. The van der Waals surface area contributed by atoms with Crippen LogP contribution in [0.2, 0.25) is 0 Å². The van der Waals surface area contributed by atoms with Crippen LogP contribution in [-0.2, 0) is 16.4 Å². The number of sulfone groups is 1. The zero-order chi connectivity index (χ0) is 23.4. The Bertz CT molecular complexity index is 1210. The van der Waals surface area contributed by atoms with E-state index in [0.717, 1.165) is 12.1 Å². The molecule has 0 heterocycles. The number of alkyl halides is 3. The number of benzene rings is 3. The summed E-state index contributed by atoms with van der Waals surface area (Å²) in [6.07, 6.45) is 0. The highest BCUT2D eigenvalue weighted by Crippen LogP contribution is 2.35. The molecule has 0 aliphatic heterocycles. The molecule has 3 aromatic carbocycles. The first-order valence-electron chi connectivity index (χ1n) is 9.20. The van der Waals surface area contributed by atoms with Gasteiger partial charge >= 0.3 is 5.51 Å². The van der Waals surface area contributed by atoms with Crippen LogP contribution in [0.3, 0.4) is 0 Å². The molecule has 0 fully saturated rings. The highest BCUT2D eigenvalue weighted by Gasteiger charge is 2.47. The molecular formula is C22H18F3NO5S. The van der Waals surface area contributed by atoms with Crippen molar-refractivity contribution in [2.75, 3.05) is 12.4 Å². The molecule has 10 heteroatoms. The van der Waals surface area contributed by atoms with E-state index in [1.807, 2.05) is 6.07 Å². The summed E-state index contributed by atoms with van der Waals surface area (Å²) in [4.78, 5) is 11.9. The van der Waals surface area contributed by atoms with E-state index in [0.29, 0.717) is 17.4 Å². The Morgan fingerprint density at radius 3 is 2.28 bits per heavy atom. The molecule has 3 aromatic rings. The van der Waals surface area contributed by atoms with Gasteiger partial charge in [0.25, 0.3) is 15.7 Å². The molecule has 0 aliphatic rings. The van der Waals surface area contributed by atoms with Crippen LogP contribution < -0.4 is 14.8 Å². The lowest BCUT2D eigenvalue weighted by Gasteiger charge is -2.15. The van der Waals surface area contributed by atoms with E-state index in [2.05, 4.69) is 5.32 Å². The highest BCUT2D eigenvalue weighted by molar-refractivity contribution is 7.92. The van der Waals surface area contributed by atoms with Gasteiger partial charge in [0.15, 0.2) is 0 Å². The molecule has 1 amide bonds. The fourth-order valence-corrected chi connectivity index (χ4v) is 3.61. The molecule has 0 spiro atoms. The summed E-state index contributed by atoms with van der Waals surface area (Å²) < 4.78 is 73.0. The average molecular weight is 465 g/mol. The zero-order valence-corrected chi connectivity index (χ0v) is 17.5. The molecule has 168 valence electrons. The number of ether oxygens (including phenoxy) is 2. The van der Waals surface area contributed by atoms with E-state index in [1.165, 1.54) is 13.2 Å². The van der Waals surface area contributed by atoms with Crippen LogP contribution in [0.5, 0.6) is 11.5 Å². The molecule has 6 nitrogen and oxygen atoms in total. The van der Waals surface area contributed by atoms with Gasteiger partial charge in [-0.3, -0.25) is 4.79 Å². The van der Waals surface area contributed by atoms with Crippen LogP contribution in [0, 0.1) is 0 Å². The zero-order valence-electron chi connectivity index (χ0n) is 16.7. The van der Waals surface area contributed by atoms with Gasteiger partial charge in [0.05, 0.1) is 17.7 Å². The largest absolute Gasteiger partial charge is 0.501 e. The van der Waals surface area contributed by atoms with Crippen molar-refractivity contribution in [3.05, 3.63) is 83.9 Å². The molecular weight excluding hydrogens is 447 g/mol. The van der Waals surface area contributed by atoms with Crippen molar-refractivity contribution >= 4 is 21.4 Å². The van der Waals surface area contributed by atoms with Crippen molar-refractivity contribution in [1.82, 2.24) is 0 Å². The number of para-hydroxylation sites is 1. The second-order valence-electron chi connectivity index (χ2n) is 6.52. The Morgan fingerprint density at radius 2 is 1.62 bits per heavy atom. The summed E-state index contributed by atoms with van der Waals surface area (Å²) in [6.45, 7) is 0.0627. The van der Waals surface area contributed by atoms with Gasteiger partial charge in [0, 0.05) is 11.1 Å². The van der Waals surface area contributed by atoms with Gasteiger partial charge in [0.2, 0.25) is 0 Å². The number of amides is 1. The van der Waals surface area contributed by atoms with Crippen molar-refractivity contribution in [3.63, 3.8) is 0 Å². The minimum absolute atomic E-state index is 0.00232. The lowest BCUT2D eigenvalue weighted by molar-refractivity contribution is -0.0436. The van der Waals surface area contributed by atoms with Crippen molar-refractivity contribution in [2.45, 2.75) is 17.0 Å². The van der Waals surface area contributed by atoms with Gasteiger partial charge in [0.1, 0.15) is 18.1 Å². The maximum absolute atomic E-state index is 12.9. The lowest BCUT2D eigenvalue weighted by Crippen LogP contribution is -2.23. The molecule has 3 rings (SSSR count). The molecule has 0 radical (unpaired) electrons. The normalized spacial score (nSPS) is 11.6. The standard InChI is InChI=1S/C22H18F3NO5S/c1-30-20-12-11-17(32(28,29)22(23,24)25)13-19(20)26-21(27)18-10-6-5-7-15(18)14-31-16-8-3-2-4-9-16/h2-13H,14H2,1H3,(H,26,27). The van der Waals surface area contributed by atoms with Gasteiger partial charge in [-0.05, 0) is 36.4 Å². The second kappa shape index (κ2) is 9.31. The molecule has 0 saturated heterocycles. The van der Waals surface area contributed by atoms with Gasteiger partial charge < -0.3 is 14.8 Å². The Kier molecular flexibility index (Phi) is 6.73. The fraction of sp³-hybridized carbons (Fsp3) is 0.136. The van der Waals surface area contributed by atoms with Gasteiger partial charge in [-0.2, -0.15) is 13.2 Å². The number of hydrogen-bond donors (Lipinski definition) is 1. The van der Waals surface area contributed by atoms with E-state index < -0.39 is 26.1 Å². The fourth-order valence-electron chi connectivity index (χ4n) is 2.82. The first-order valence-corrected chi connectivity index (χ1v) is 10.7. The van der Waals surface area contributed by atoms with Crippen molar-refractivity contribution in [3.8, 4) is 11.5 Å². The van der Waals surface area contributed by atoms with E-state index in [4.69, 9.17) is 9.47 Å². The number of methoxy groups -OCH3 is 1. The second-order valence-corrected chi connectivity index (χ2v) is 8.47. The number of hydrogen-bond acceptors (Lipinski definition) is 5. The summed E-state index contributed by atoms with van der Waals surface area (Å²) in [5.74, 6) is -0.0796. The maximum atomic E-state index is 12.9. The third-order valence-corrected chi connectivity index (χ3v) is 5.92. The van der Waals surface area contributed by atoms with Gasteiger partial charge in [-0.15, -0.1) is 0 Å². The van der Waals surface area contributed by atoms with Crippen LogP contribution in [0.15, 0.2) is 77.7 Å². The van der Waals surface area contributed by atoms with E-state index in [-0.39, 0.29) is 23.6 Å². The number of carbonyl (C=O) groups excluding carboxylic acids is 1. The first-order chi connectivity index (χ1) is 15.1. The average Bonchev–Trinajstić information content (AvgIpc) is 2.77. The third kappa shape index (κ3) is 5.02. The van der Waals surface area contributed by atoms with Crippen molar-refractivity contribution < 1.29 is 35.9 Å². The van der Waals surface area contributed by atoms with E-state index in [1.54, 1.807) is 42.5 Å². The van der Waals surface area contributed by atoms with Crippen molar-refractivity contribution in [2.24, 2.45) is 0 Å². The number of anilines is 1. The van der Waals surface area contributed by atoms with Crippen LogP contribution >= 0.6 is 0 Å². The minimum atomic E-state index is -5.60. The number of nitrogens with one attached hydrogen (secondary N) is 1. The lowest BCUT2D eigenvalue weighted by atomic mass is 10.1. The summed E-state index contributed by atoms with van der Waals surface area (Å²) in [5.41, 5.74) is -4.98. The van der Waals surface area contributed by atoms with Gasteiger partial charge in [-0.1, -0.05) is 36.4 Å². The van der Waals surface area contributed by atoms with Crippen molar-refractivity contribution in [1.29, 1.82) is 0 Å². The molecule has 0 aromatic heterocycles. The molecule has 32 heavy (non-hydrogen) atoms. The first kappa shape index (κ1) is 23.1. The molecule has 0 atom stereocenters. The predicted molar refractivity (Wildman–Crippen MR) is 111 cm³/mol. The monoisotopic (exact) mass is 465 g/mol. The maximum Gasteiger partial charge on any atom is 0.501 e. The number of halogens is 3. The Hall–Kier alpha value is -3.53. The number of rotatable bonds is 7. The summed E-state index contributed by atoms with van der Waals surface area (Å²) in [7, 11) is -4.36. The van der Waals surface area contributed by atoms with Crippen LogP contribution in [0.25, 0.3) is 0 Å². The van der Waals surface area contributed by atoms with Gasteiger partial charge in [-0.25, -0.2) is 8.42 Å². The molecule has 1 N–H and O–H groups in total. The predicted octanol–water partition coefficient (Wildman–Crippen LogP) is 4.82. The Morgan fingerprint density at radius 1 is 0.969 bits per heavy atom. The van der Waals surface area contributed by atoms with E-state index >= 15 is 0 Å². The van der Waals surface area contributed by atoms with Crippen LogP contribution in [0.1, 0.15) is 15.9 Å². The molecule has 0 saturated carbocycles. The van der Waals surface area contributed by atoms with Crippen LogP contribution in [-0.4, -0.2) is 26.9 Å². The highest BCUT2D eigenvalue weighted by atomic mass is 32.2. The summed E-state index contributed by atoms with van der Waals surface area (Å²) in [5, 5.41) is 2.43. The Labute approximate surface area is 182 Å². The number of carbonyl (C=O) groups is 1. The Balaban J connectivity index is 1.88. The van der Waals surface area contributed by atoms with Crippen LogP contribution in [0.4, 0.5) is 18.9 Å². The third-order valence-electron chi connectivity index (χ3n) is 4.43. The molecule has 0 aliphatic carbocycles. The topological polar surface area (TPSA) is 81.7 Å². The molecule has 0 unspecified atom stereocenters. The minimum Gasteiger partial charge on any atom is -0.495 e.